The lowest BCUT2D eigenvalue weighted by molar-refractivity contribution is 0.0726. The summed E-state index contributed by atoms with van der Waals surface area (Å²) in [7, 11) is 0. The van der Waals surface area contributed by atoms with E-state index in [1.807, 2.05) is 0 Å². The number of hydrogen-bond acceptors (Lipinski definition) is 0. The van der Waals surface area contributed by atoms with Gasteiger partial charge in [-0.3, -0.25) is 0 Å². The molecule has 0 aliphatic heterocycles. The molecular weight excluding hydrogens is 1140 g/mol. The molecule has 0 aromatic rings. The first-order valence-electron chi connectivity index (χ1n) is 42.3. The van der Waals surface area contributed by atoms with E-state index in [-0.39, 0.29) is 14.9 Å². The van der Waals surface area contributed by atoms with Gasteiger partial charge in [-0.15, -0.1) is 0 Å². The van der Waals surface area contributed by atoms with Gasteiger partial charge in [0.2, 0.25) is 0 Å². The fraction of sp³-hybridized carbons (Fsp3) is 0.979. The van der Waals surface area contributed by atoms with E-state index < -0.39 is 0 Å². The van der Waals surface area contributed by atoms with E-state index >= 15 is 0 Å². The second kappa shape index (κ2) is 44.4. The molecule has 0 aromatic carbocycles. The predicted molar refractivity (Wildman–Crippen MR) is 443 cm³/mol. The second-order valence-corrected chi connectivity index (χ2v) is 40.6. The summed E-state index contributed by atoms with van der Waals surface area (Å²) in [5, 5.41) is 0. The molecule has 0 N–H and O–H groups in total. The lowest BCUT2D eigenvalue weighted by atomic mass is 9.62. The smallest absolute Gasteiger partial charge is 0.0112 e. The van der Waals surface area contributed by atoms with Gasteiger partial charge in [0.15, 0.2) is 0 Å². The maximum Gasteiger partial charge on any atom is -0.0112 e. The zero-order chi connectivity index (χ0) is 72.6. The van der Waals surface area contributed by atoms with Crippen molar-refractivity contribution in [3.8, 4) is 0 Å². The molecule has 0 heterocycles. The number of rotatable bonds is 14. The first-order valence-corrected chi connectivity index (χ1v) is 42.3. The van der Waals surface area contributed by atoms with Crippen LogP contribution in [0.4, 0.5) is 0 Å². The Hall–Kier alpha value is -0.260. The summed E-state index contributed by atoms with van der Waals surface area (Å²) in [5.74, 6) is 17.8. The highest BCUT2D eigenvalue weighted by molar-refractivity contribution is 5.19. The normalized spacial score (nSPS) is 32.2. The molecule has 0 radical (unpaired) electrons. The molecule has 15 atom stereocenters. The monoisotopic (exact) mass is 1340 g/mol. The van der Waals surface area contributed by atoms with E-state index in [0.29, 0.717) is 43.3 Å². The summed E-state index contributed by atoms with van der Waals surface area (Å²) in [6.45, 7) is 90.2. The third-order valence-electron chi connectivity index (χ3n) is 32.8. The zero-order valence-corrected chi connectivity index (χ0v) is 72.4. The van der Waals surface area contributed by atoms with E-state index in [2.05, 4.69) is 275 Å². The van der Waals surface area contributed by atoms with Crippen LogP contribution >= 0.6 is 0 Å². The number of fused-ring (bicyclic) bond motifs is 4. The third kappa shape index (κ3) is 29.4. The summed E-state index contributed by atoms with van der Waals surface area (Å²) in [6, 6.07) is 0. The van der Waals surface area contributed by atoms with Crippen LogP contribution in [0, 0.1) is 162 Å². The van der Waals surface area contributed by atoms with Gasteiger partial charge in [-0.25, -0.2) is 0 Å². The molecule has 95 heavy (non-hydrogen) atoms. The lowest BCUT2D eigenvalue weighted by Gasteiger charge is -2.43. The first-order chi connectivity index (χ1) is 42.6. The van der Waals surface area contributed by atoms with Gasteiger partial charge in [-0.2, -0.15) is 0 Å². The summed E-state index contributed by atoms with van der Waals surface area (Å²) in [4.78, 5) is 0. The number of allylic oxidation sites excluding steroid dienone is 2. The van der Waals surface area contributed by atoms with Gasteiger partial charge in [-0.1, -0.05) is 386 Å². The maximum absolute atomic E-state index is 2.49. The van der Waals surface area contributed by atoms with Crippen molar-refractivity contribution in [3.05, 3.63) is 12.2 Å². The Bertz CT molecular complexity index is 1890. The van der Waals surface area contributed by atoms with Crippen LogP contribution in [0.3, 0.4) is 0 Å². The van der Waals surface area contributed by atoms with Gasteiger partial charge < -0.3 is 0 Å². The molecule has 574 valence electrons. The Morgan fingerprint density at radius 1 is 0.411 bits per heavy atom. The largest absolute Gasteiger partial charge is 0.0845 e. The van der Waals surface area contributed by atoms with Crippen molar-refractivity contribution in [2.75, 3.05) is 0 Å². The van der Waals surface area contributed by atoms with Gasteiger partial charge in [0.1, 0.15) is 0 Å². The van der Waals surface area contributed by atoms with Gasteiger partial charge in [0.05, 0.1) is 0 Å². The van der Waals surface area contributed by atoms with Crippen molar-refractivity contribution in [2.45, 2.75) is 438 Å². The Morgan fingerprint density at radius 3 is 0.989 bits per heavy atom. The molecule has 0 heteroatoms. The van der Waals surface area contributed by atoms with Crippen LogP contribution in [0.15, 0.2) is 12.2 Å². The van der Waals surface area contributed by atoms with E-state index in [9.17, 15) is 0 Å². The van der Waals surface area contributed by atoms with Crippen LogP contribution in [0.25, 0.3) is 0 Å². The first kappa shape index (κ1) is 98.9. The molecule has 4 bridgehead atoms. The van der Waals surface area contributed by atoms with Crippen LogP contribution in [0.1, 0.15) is 438 Å². The SMILES string of the molecule is C.C.CC(C)C(C)(C)C(C)C.CC(C)C1(C)CCCC1C.CC(C)C1(C)CCCCC1.CC(C)C1(C)CCCCC1C.CC(C)C1(C)CCCCCC1.CC(C)C1C2C=CC(C)(C2)C1C.CC1C2(C)CCC(C2)C1(C)C.CCC(C)C(C)C(C)C.CCC(C)C(C)C(C)CC. The third-order valence-corrected chi connectivity index (χ3v) is 32.8. The molecule has 0 aromatic heterocycles. The molecule has 8 aliphatic carbocycles. The van der Waals surface area contributed by atoms with Crippen LogP contribution in [-0.2, 0) is 0 Å². The summed E-state index contributed by atoms with van der Waals surface area (Å²) in [6.07, 6.45) is 41.1. The van der Waals surface area contributed by atoms with Crippen molar-refractivity contribution in [2.24, 2.45) is 162 Å². The average Bonchev–Trinajstić information content (AvgIpc) is 1.59. The molecular formula is C95H194. The van der Waals surface area contributed by atoms with Crippen LogP contribution in [-0.4, -0.2) is 0 Å². The van der Waals surface area contributed by atoms with Crippen molar-refractivity contribution < 1.29 is 0 Å². The highest BCUT2D eigenvalue weighted by atomic mass is 14.6. The standard InChI is InChI=1S/C12H20.C11H20.2C11H22.2C10H20.C10H22.2C9H20.2CH4/c1-8(2)11-9(3)12(4)6-5-10(11)7-12;1-8-10(2,3)9-5-6-11(8,4)7-9;1-9(2)11(4)8-6-5-7-10(11)3;1-10(2)11(3)8-6-4-5-7-9-11;1-8(2)10(4)7-5-6-9(10)3;1-9(2)10(3)7-5-4-6-8-10;1-6-8(3)10(5)9(4)7-2;1-7(2)9(5,6)8(3)4;1-6-8(4)9(5)7(2)3;;/h5-6,8-11H,7H2,1-4H3;8-9H,5-7H2,1-4H3;9-10H,5-8H2,1-4H3;10H,4-9H2,1-3H3;8-9H,5-7H2,1-4H3;9H,4-8H2,1-3H3;8-10H,6-7H2,1-5H3;7-8H,1-6H3;7-9H,6H2,1-5H3;2*1H4. The fourth-order valence-electron chi connectivity index (χ4n) is 18.7. The lowest BCUT2D eigenvalue weighted by Crippen LogP contribution is -2.33. The van der Waals surface area contributed by atoms with E-state index in [1.54, 1.807) is 0 Å². The highest BCUT2D eigenvalue weighted by Crippen LogP contribution is 2.66. The van der Waals surface area contributed by atoms with Crippen molar-refractivity contribution in [3.63, 3.8) is 0 Å². The minimum absolute atomic E-state index is 0. The maximum atomic E-state index is 2.49. The van der Waals surface area contributed by atoms with Crippen molar-refractivity contribution >= 4 is 0 Å². The van der Waals surface area contributed by atoms with Crippen LogP contribution < -0.4 is 0 Å². The molecule has 8 rings (SSSR count). The van der Waals surface area contributed by atoms with Crippen molar-refractivity contribution in [1.29, 1.82) is 0 Å². The van der Waals surface area contributed by atoms with E-state index in [1.165, 1.54) is 161 Å². The fourth-order valence-corrected chi connectivity index (χ4v) is 18.7. The van der Waals surface area contributed by atoms with E-state index in [4.69, 9.17) is 0 Å². The molecule has 8 aliphatic rings. The minimum Gasteiger partial charge on any atom is -0.0845 e. The predicted octanol–water partition coefficient (Wildman–Crippen LogP) is 33.5. The van der Waals surface area contributed by atoms with E-state index in [0.717, 1.165) is 118 Å². The molecule has 0 spiro atoms. The Kier molecular flexibility index (Phi) is 46.2. The average molecular weight is 1340 g/mol. The topological polar surface area (TPSA) is 0 Å². The Labute approximate surface area is 608 Å². The molecule has 7 fully saturated rings. The zero-order valence-electron chi connectivity index (χ0n) is 72.4. The summed E-state index contributed by atoms with van der Waals surface area (Å²) in [5.41, 5.74) is 5.01. The molecule has 0 saturated heterocycles. The van der Waals surface area contributed by atoms with Gasteiger partial charge >= 0.3 is 0 Å². The van der Waals surface area contributed by atoms with Crippen LogP contribution in [0.2, 0.25) is 0 Å². The van der Waals surface area contributed by atoms with Gasteiger partial charge in [-0.05, 0) is 226 Å². The summed E-state index contributed by atoms with van der Waals surface area (Å²) < 4.78 is 0. The van der Waals surface area contributed by atoms with Crippen molar-refractivity contribution in [1.82, 2.24) is 0 Å². The van der Waals surface area contributed by atoms with Gasteiger partial charge in [0.25, 0.3) is 0 Å². The number of hydrogen-bond donors (Lipinski definition) is 0. The highest BCUT2D eigenvalue weighted by Gasteiger charge is 2.57. The van der Waals surface area contributed by atoms with Crippen LogP contribution in [0.5, 0.6) is 0 Å². The Morgan fingerprint density at radius 2 is 0.768 bits per heavy atom. The molecule has 0 nitrogen and oxygen atoms in total. The van der Waals surface area contributed by atoms with Gasteiger partial charge in [0, 0.05) is 0 Å². The molecule has 15 unspecified atom stereocenters. The minimum atomic E-state index is 0. The second-order valence-electron chi connectivity index (χ2n) is 40.6. The molecule has 0 amide bonds. The molecule has 7 saturated carbocycles. The Balaban J connectivity index is -0.00000100. The quantitative estimate of drug-likeness (QED) is 0.120. The summed E-state index contributed by atoms with van der Waals surface area (Å²) >= 11 is 0.